The van der Waals surface area contributed by atoms with E-state index in [9.17, 15) is 9.59 Å². The Kier molecular flexibility index (Phi) is 8.59. The molecule has 0 aromatic heterocycles. The first-order chi connectivity index (χ1) is 10.1. The van der Waals surface area contributed by atoms with Crippen molar-refractivity contribution in [2.75, 3.05) is 11.1 Å². The van der Waals surface area contributed by atoms with Crippen LogP contribution in [-0.2, 0) is 9.59 Å². The molecule has 2 N–H and O–H groups in total. The van der Waals surface area contributed by atoms with Crippen molar-refractivity contribution < 1.29 is 14.7 Å². The molecule has 0 atom stereocenters. The number of benzene rings is 1. The van der Waals surface area contributed by atoms with E-state index in [1.54, 1.807) is 11.8 Å². The van der Waals surface area contributed by atoms with Gasteiger partial charge >= 0.3 is 5.97 Å². The van der Waals surface area contributed by atoms with Gasteiger partial charge in [0.2, 0.25) is 5.91 Å². The number of hydrogen-bond acceptors (Lipinski definition) is 3. The third-order valence-corrected chi connectivity index (χ3v) is 4.12. The maximum Gasteiger partial charge on any atom is 0.303 e. The van der Waals surface area contributed by atoms with Crippen LogP contribution in [-0.4, -0.2) is 22.7 Å². The number of carbonyl (C=O) groups excluding carboxylic acids is 1. The minimum absolute atomic E-state index is 0.0436. The number of amides is 1. The van der Waals surface area contributed by atoms with Gasteiger partial charge in [-0.1, -0.05) is 31.9 Å². The van der Waals surface area contributed by atoms with Crippen LogP contribution in [0.25, 0.3) is 0 Å². The molecule has 5 heteroatoms. The van der Waals surface area contributed by atoms with Crippen LogP contribution in [0.15, 0.2) is 29.2 Å². The van der Waals surface area contributed by atoms with Crippen LogP contribution in [0.3, 0.4) is 0 Å². The summed E-state index contributed by atoms with van der Waals surface area (Å²) in [7, 11) is 0. The lowest BCUT2D eigenvalue weighted by Crippen LogP contribution is -2.11. The summed E-state index contributed by atoms with van der Waals surface area (Å²) in [6.07, 6.45) is 4.43. The number of anilines is 1. The van der Waals surface area contributed by atoms with Crippen LogP contribution in [0.4, 0.5) is 5.69 Å². The molecule has 0 unspecified atom stereocenters. The van der Waals surface area contributed by atoms with Crippen molar-refractivity contribution in [3.8, 4) is 0 Å². The topological polar surface area (TPSA) is 66.4 Å². The van der Waals surface area contributed by atoms with Crippen molar-refractivity contribution in [1.82, 2.24) is 0 Å². The number of unbranched alkanes of at least 4 members (excludes halogenated alkanes) is 2. The lowest BCUT2D eigenvalue weighted by molar-refractivity contribution is -0.137. The lowest BCUT2D eigenvalue weighted by Gasteiger charge is -2.10. The quantitative estimate of drug-likeness (QED) is 0.503. The van der Waals surface area contributed by atoms with Gasteiger partial charge in [0.05, 0.1) is 5.69 Å². The number of rotatable bonds is 10. The summed E-state index contributed by atoms with van der Waals surface area (Å²) in [6.45, 7) is 2.11. The van der Waals surface area contributed by atoms with E-state index >= 15 is 0 Å². The van der Waals surface area contributed by atoms with E-state index in [0.717, 1.165) is 35.6 Å². The summed E-state index contributed by atoms with van der Waals surface area (Å²) >= 11 is 1.58. The van der Waals surface area contributed by atoms with Crippen molar-refractivity contribution in [3.63, 3.8) is 0 Å². The van der Waals surface area contributed by atoms with E-state index in [4.69, 9.17) is 5.11 Å². The SMILES string of the molecule is CCCCCC(=O)Nc1ccccc1SCCCC(=O)O. The van der Waals surface area contributed by atoms with Crippen LogP contribution < -0.4 is 5.32 Å². The van der Waals surface area contributed by atoms with E-state index in [2.05, 4.69) is 12.2 Å². The maximum absolute atomic E-state index is 11.9. The van der Waals surface area contributed by atoms with Crippen molar-refractivity contribution in [2.24, 2.45) is 0 Å². The van der Waals surface area contributed by atoms with E-state index in [-0.39, 0.29) is 12.3 Å². The molecule has 4 nitrogen and oxygen atoms in total. The van der Waals surface area contributed by atoms with E-state index in [1.165, 1.54) is 0 Å². The van der Waals surface area contributed by atoms with E-state index in [1.807, 2.05) is 24.3 Å². The molecule has 0 spiro atoms. The van der Waals surface area contributed by atoms with Crippen molar-refractivity contribution in [2.45, 2.75) is 50.3 Å². The summed E-state index contributed by atoms with van der Waals surface area (Å²) < 4.78 is 0. The number of carboxylic acids is 1. The molecule has 0 saturated carbocycles. The highest BCUT2D eigenvalue weighted by Crippen LogP contribution is 2.28. The van der Waals surface area contributed by atoms with Gasteiger partial charge in [0.15, 0.2) is 0 Å². The number of carbonyl (C=O) groups is 2. The van der Waals surface area contributed by atoms with E-state index in [0.29, 0.717) is 12.8 Å². The fraction of sp³-hybridized carbons (Fsp3) is 0.500. The molecule has 0 bridgehead atoms. The number of carboxylic acid groups (broad SMARTS) is 1. The highest BCUT2D eigenvalue weighted by Gasteiger charge is 2.07. The minimum Gasteiger partial charge on any atom is -0.481 e. The van der Waals surface area contributed by atoms with Crippen molar-refractivity contribution in [3.05, 3.63) is 24.3 Å². The first kappa shape index (κ1) is 17.6. The molecular formula is C16H23NO3S. The van der Waals surface area contributed by atoms with Gasteiger partial charge in [-0.05, 0) is 30.7 Å². The predicted molar refractivity (Wildman–Crippen MR) is 86.8 cm³/mol. The van der Waals surface area contributed by atoms with Gasteiger partial charge in [-0.15, -0.1) is 11.8 Å². The highest BCUT2D eigenvalue weighted by molar-refractivity contribution is 7.99. The average Bonchev–Trinajstić information content (AvgIpc) is 2.45. The summed E-state index contributed by atoms with van der Waals surface area (Å²) in [5.41, 5.74) is 0.819. The zero-order valence-corrected chi connectivity index (χ0v) is 13.2. The van der Waals surface area contributed by atoms with Crippen LogP contribution in [0, 0.1) is 0 Å². The summed E-state index contributed by atoms with van der Waals surface area (Å²) in [4.78, 5) is 23.3. The van der Waals surface area contributed by atoms with Gasteiger partial charge in [0, 0.05) is 17.7 Å². The van der Waals surface area contributed by atoms with E-state index < -0.39 is 5.97 Å². The van der Waals surface area contributed by atoms with Crippen LogP contribution in [0.5, 0.6) is 0 Å². The molecule has 21 heavy (non-hydrogen) atoms. The molecule has 0 aliphatic rings. The number of para-hydroxylation sites is 1. The Balaban J connectivity index is 2.46. The van der Waals surface area contributed by atoms with Gasteiger partial charge in [0.1, 0.15) is 0 Å². The third kappa shape index (κ3) is 7.75. The normalized spacial score (nSPS) is 10.3. The number of aliphatic carboxylic acids is 1. The number of hydrogen-bond donors (Lipinski definition) is 2. The molecule has 0 aliphatic carbocycles. The van der Waals surface area contributed by atoms with Gasteiger partial charge in [-0.25, -0.2) is 0 Å². The summed E-state index contributed by atoms with van der Waals surface area (Å²) in [5, 5.41) is 11.6. The van der Waals surface area contributed by atoms with Gasteiger partial charge in [0.25, 0.3) is 0 Å². The van der Waals surface area contributed by atoms with Gasteiger partial charge < -0.3 is 10.4 Å². The number of thioether (sulfide) groups is 1. The summed E-state index contributed by atoms with van der Waals surface area (Å²) in [5.74, 6) is 0.00445. The maximum atomic E-state index is 11.9. The minimum atomic E-state index is -0.770. The second-order valence-electron chi connectivity index (χ2n) is 4.85. The Morgan fingerprint density at radius 3 is 2.62 bits per heavy atom. The molecule has 116 valence electrons. The highest BCUT2D eigenvalue weighted by atomic mass is 32.2. The Bertz CT molecular complexity index is 463. The molecule has 0 radical (unpaired) electrons. The Morgan fingerprint density at radius 1 is 1.14 bits per heavy atom. The van der Waals surface area contributed by atoms with Crippen molar-refractivity contribution >= 4 is 29.3 Å². The molecule has 1 rings (SSSR count). The van der Waals surface area contributed by atoms with Crippen LogP contribution in [0.2, 0.25) is 0 Å². The molecule has 0 fully saturated rings. The Labute approximate surface area is 130 Å². The van der Waals surface area contributed by atoms with Crippen molar-refractivity contribution in [1.29, 1.82) is 0 Å². The lowest BCUT2D eigenvalue weighted by atomic mass is 10.2. The molecule has 0 heterocycles. The first-order valence-electron chi connectivity index (χ1n) is 7.37. The zero-order valence-electron chi connectivity index (χ0n) is 12.4. The molecule has 0 saturated heterocycles. The van der Waals surface area contributed by atoms with Crippen LogP contribution in [0.1, 0.15) is 45.4 Å². The Hall–Kier alpha value is -1.49. The molecular weight excluding hydrogens is 286 g/mol. The fourth-order valence-corrected chi connectivity index (χ4v) is 2.81. The molecule has 1 amide bonds. The van der Waals surface area contributed by atoms with Gasteiger partial charge in [-0.2, -0.15) is 0 Å². The first-order valence-corrected chi connectivity index (χ1v) is 8.35. The molecule has 1 aromatic rings. The third-order valence-electron chi connectivity index (χ3n) is 2.96. The second kappa shape index (κ2) is 10.3. The largest absolute Gasteiger partial charge is 0.481 e. The molecule has 0 aliphatic heterocycles. The number of nitrogens with one attached hydrogen (secondary N) is 1. The van der Waals surface area contributed by atoms with Gasteiger partial charge in [-0.3, -0.25) is 9.59 Å². The fourth-order valence-electron chi connectivity index (χ4n) is 1.85. The smallest absolute Gasteiger partial charge is 0.303 e. The Morgan fingerprint density at radius 2 is 1.90 bits per heavy atom. The zero-order chi connectivity index (χ0) is 15.5. The standard InChI is InChI=1S/C16H23NO3S/c1-2-3-4-10-15(18)17-13-8-5-6-9-14(13)21-12-7-11-16(19)20/h5-6,8-9H,2-4,7,10-12H2,1H3,(H,17,18)(H,19,20). The monoisotopic (exact) mass is 309 g/mol. The molecule has 1 aromatic carbocycles. The summed E-state index contributed by atoms with van der Waals surface area (Å²) in [6, 6.07) is 7.65. The predicted octanol–water partition coefficient (Wildman–Crippen LogP) is 4.16. The van der Waals surface area contributed by atoms with Crippen LogP contribution >= 0.6 is 11.8 Å². The second-order valence-corrected chi connectivity index (χ2v) is 5.98. The average molecular weight is 309 g/mol.